The van der Waals surface area contributed by atoms with E-state index in [-0.39, 0.29) is 11.5 Å². The first-order valence-electron chi connectivity index (χ1n) is 5.93. The van der Waals surface area contributed by atoms with Crippen LogP contribution in [0.1, 0.15) is 60.3 Å². The lowest BCUT2D eigenvalue weighted by Gasteiger charge is -2.45. The van der Waals surface area contributed by atoms with Gasteiger partial charge in [0.15, 0.2) is 0 Å². The molecule has 1 aliphatic carbocycles. The van der Waals surface area contributed by atoms with E-state index in [2.05, 4.69) is 34.6 Å². The Kier molecular flexibility index (Phi) is 3.30. The third kappa shape index (κ3) is 2.50. The van der Waals surface area contributed by atoms with E-state index in [1.807, 2.05) is 0 Å². The van der Waals surface area contributed by atoms with Crippen molar-refractivity contribution in [1.82, 2.24) is 0 Å². The first-order chi connectivity index (χ1) is 6.25. The summed E-state index contributed by atoms with van der Waals surface area (Å²) in [7, 11) is 0. The zero-order valence-electron chi connectivity index (χ0n) is 10.4. The van der Waals surface area contributed by atoms with Gasteiger partial charge in [-0.3, -0.25) is 0 Å². The van der Waals surface area contributed by atoms with E-state index in [1.165, 1.54) is 25.7 Å². The Bertz CT molecular complexity index is 188. The molecule has 0 heterocycles. The van der Waals surface area contributed by atoms with Crippen molar-refractivity contribution in [3.63, 3.8) is 0 Å². The molecule has 1 N–H and O–H groups in total. The molecule has 0 bridgehead atoms. The molecule has 1 aliphatic rings. The van der Waals surface area contributed by atoms with Crippen LogP contribution in [-0.2, 0) is 0 Å². The molecule has 14 heavy (non-hydrogen) atoms. The second-order valence-corrected chi connectivity index (χ2v) is 6.65. The molecule has 0 spiro atoms. The molecular weight excluding hydrogens is 172 g/mol. The van der Waals surface area contributed by atoms with Gasteiger partial charge < -0.3 is 5.11 Å². The van der Waals surface area contributed by atoms with Gasteiger partial charge in [-0.05, 0) is 29.6 Å². The molecule has 1 saturated carbocycles. The van der Waals surface area contributed by atoms with Crippen molar-refractivity contribution in [3.05, 3.63) is 0 Å². The van der Waals surface area contributed by atoms with Gasteiger partial charge >= 0.3 is 0 Å². The zero-order chi connectivity index (χ0) is 11.0. The highest BCUT2D eigenvalue weighted by Crippen LogP contribution is 2.45. The number of aliphatic hydroxyl groups excluding tert-OH is 1. The molecule has 2 unspecified atom stereocenters. The SMILES string of the molecule is CC(C)(C)C(O)C1CCCCC1(C)C. The van der Waals surface area contributed by atoms with Crippen molar-refractivity contribution in [3.8, 4) is 0 Å². The minimum absolute atomic E-state index is 0.0271. The minimum atomic E-state index is -0.155. The minimum Gasteiger partial charge on any atom is -0.392 e. The summed E-state index contributed by atoms with van der Waals surface area (Å²) in [6.45, 7) is 11.0. The molecule has 0 aromatic rings. The second kappa shape index (κ2) is 3.84. The third-order valence-corrected chi connectivity index (χ3v) is 3.86. The van der Waals surface area contributed by atoms with Crippen LogP contribution < -0.4 is 0 Å². The molecule has 1 nitrogen and oxygen atoms in total. The molecule has 0 aromatic carbocycles. The lowest BCUT2D eigenvalue weighted by Crippen LogP contribution is -2.43. The molecule has 1 heteroatoms. The summed E-state index contributed by atoms with van der Waals surface area (Å²) >= 11 is 0. The molecule has 0 aromatic heterocycles. The topological polar surface area (TPSA) is 20.2 Å². The summed E-state index contributed by atoms with van der Waals surface area (Å²) in [5.74, 6) is 0.483. The van der Waals surface area contributed by atoms with Gasteiger partial charge in [-0.2, -0.15) is 0 Å². The fourth-order valence-electron chi connectivity index (χ4n) is 2.71. The Morgan fingerprint density at radius 1 is 1.21 bits per heavy atom. The average Bonchev–Trinajstić information content (AvgIpc) is 2.00. The Balaban J connectivity index is 2.74. The Labute approximate surface area is 88.9 Å². The molecule has 1 fully saturated rings. The number of rotatable bonds is 1. The van der Waals surface area contributed by atoms with Gasteiger partial charge in [0.1, 0.15) is 0 Å². The van der Waals surface area contributed by atoms with Crippen molar-refractivity contribution in [1.29, 1.82) is 0 Å². The number of hydrogen-bond donors (Lipinski definition) is 1. The van der Waals surface area contributed by atoms with E-state index in [1.54, 1.807) is 0 Å². The smallest absolute Gasteiger partial charge is 0.0621 e. The molecule has 0 aliphatic heterocycles. The van der Waals surface area contributed by atoms with Crippen molar-refractivity contribution < 1.29 is 5.11 Å². The molecule has 0 radical (unpaired) electrons. The highest BCUT2D eigenvalue weighted by Gasteiger charge is 2.41. The summed E-state index contributed by atoms with van der Waals surface area (Å²) in [5, 5.41) is 10.3. The van der Waals surface area contributed by atoms with E-state index in [9.17, 15) is 5.11 Å². The fourth-order valence-corrected chi connectivity index (χ4v) is 2.71. The lowest BCUT2D eigenvalue weighted by atomic mass is 9.62. The summed E-state index contributed by atoms with van der Waals surface area (Å²) in [4.78, 5) is 0. The lowest BCUT2D eigenvalue weighted by molar-refractivity contribution is -0.0543. The maximum absolute atomic E-state index is 10.3. The predicted octanol–water partition coefficient (Wildman–Crippen LogP) is 3.61. The maximum Gasteiger partial charge on any atom is 0.0621 e. The van der Waals surface area contributed by atoms with Gasteiger partial charge in [-0.1, -0.05) is 47.5 Å². The summed E-state index contributed by atoms with van der Waals surface area (Å²) < 4.78 is 0. The van der Waals surface area contributed by atoms with Crippen LogP contribution in [0.5, 0.6) is 0 Å². The number of aliphatic hydroxyl groups is 1. The Morgan fingerprint density at radius 3 is 2.21 bits per heavy atom. The highest BCUT2D eigenvalue weighted by molar-refractivity contribution is 4.91. The van der Waals surface area contributed by atoms with Crippen LogP contribution in [-0.4, -0.2) is 11.2 Å². The van der Waals surface area contributed by atoms with E-state index < -0.39 is 0 Å². The fraction of sp³-hybridized carbons (Fsp3) is 1.00. The average molecular weight is 198 g/mol. The summed E-state index contributed by atoms with van der Waals surface area (Å²) in [5.41, 5.74) is 0.351. The highest BCUT2D eigenvalue weighted by atomic mass is 16.3. The van der Waals surface area contributed by atoms with Crippen LogP contribution >= 0.6 is 0 Å². The summed E-state index contributed by atoms with van der Waals surface area (Å²) in [6, 6.07) is 0. The van der Waals surface area contributed by atoms with E-state index in [4.69, 9.17) is 0 Å². The normalized spacial score (nSPS) is 30.0. The van der Waals surface area contributed by atoms with E-state index in [0.29, 0.717) is 11.3 Å². The monoisotopic (exact) mass is 198 g/mol. The first kappa shape index (κ1) is 12.0. The van der Waals surface area contributed by atoms with E-state index >= 15 is 0 Å². The second-order valence-electron chi connectivity index (χ2n) is 6.65. The van der Waals surface area contributed by atoms with Gasteiger partial charge in [-0.15, -0.1) is 0 Å². The molecule has 0 saturated heterocycles. The van der Waals surface area contributed by atoms with Crippen LogP contribution in [0.15, 0.2) is 0 Å². The molecule has 2 atom stereocenters. The molecule has 84 valence electrons. The zero-order valence-corrected chi connectivity index (χ0v) is 10.4. The number of hydrogen-bond acceptors (Lipinski definition) is 1. The van der Waals surface area contributed by atoms with Crippen LogP contribution in [0, 0.1) is 16.7 Å². The van der Waals surface area contributed by atoms with Crippen molar-refractivity contribution in [2.75, 3.05) is 0 Å². The van der Waals surface area contributed by atoms with Crippen molar-refractivity contribution in [2.24, 2.45) is 16.7 Å². The molecular formula is C13H26O. The van der Waals surface area contributed by atoms with Gasteiger partial charge in [0.05, 0.1) is 6.10 Å². The van der Waals surface area contributed by atoms with Crippen LogP contribution in [0.25, 0.3) is 0 Å². The largest absolute Gasteiger partial charge is 0.392 e. The maximum atomic E-state index is 10.3. The molecule has 1 rings (SSSR count). The Morgan fingerprint density at radius 2 is 1.79 bits per heavy atom. The third-order valence-electron chi connectivity index (χ3n) is 3.86. The van der Waals surface area contributed by atoms with Gasteiger partial charge in [0, 0.05) is 0 Å². The van der Waals surface area contributed by atoms with Gasteiger partial charge in [0.2, 0.25) is 0 Å². The first-order valence-corrected chi connectivity index (χ1v) is 5.93. The van der Waals surface area contributed by atoms with Gasteiger partial charge in [0.25, 0.3) is 0 Å². The van der Waals surface area contributed by atoms with Crippen LogP contribution in [0.3, 0.4) is 0 Å². The standard InChI is InChI=1S/C13H26O/c1-12(2,3)11(14)10-8-6-7-9-13(10,4)5/h10-11,14H,6-9H2,1-5H3. The van der Waals surface area contributed by atoms with Crippen molar-refractivity contribution in [2.45, 2.75) is 66.4 Å². The summed E-state index contributed by atoms with van der Waals surface area (Å²) in [6.07, 6.45) is 4.94. The van der Waals surface area contributed by atoms with Crippen LogP contribution in [0.2, 0.25) is 0 Å². The van der Waals surface area contributed by atoms with E-state index in [0.717, 1.165) is 0 Å². The predicted molar refractivity (Wildman–Crippen MR) is 61.2 cm³/mol. The quantitative estimate of drug-likeness (QED) is 0.682. The van der Waals surface area contributed by atoms with Gasteiger partial charge in [-0.25, -0.2) is 0 Å². The van der Waals surface area contributed by atoms with Crippen molar-refractivity contribution >= 4 is 0 Å². The van der Waals surface area contributed by atoms with Crippen LogP contribution in [0.4, 0.5) is 0 Å². The Hall–Kier alpha value is -0.0400. The molecule has 0 amide bonds.